The van der Waals surface area contributed by atoms with Crippen LogP contribution in [0.4, 0.5) is 0 Å². The number of aromatic nitrogens is 1. The summed E-state index contributed by atoms with van der Waals surface area (Å²) in [5.41, 5.74) is 1.68. The number of thiocarbonyl (C=S) groups is 1. The van der Waals surface area contributed by atoms with Crippen LogP contribution in [0.2, 0.25) is 0 Å². The normalized spacial score (nSPS) is 15.2. The van der Waals surface area contributed by atoms with Gasteiger partial charge in [-0.25, -0.2) is 0 Å². The van der Waals surface area contributed by atoms with Crippen LogP contribution in [0.1, 0.15) is 16.9 Å². The van der Waals surface area contributed by atoms with E-state index in [0.29, 0.717) is 31.7 Å². The molecule has 26 heavy (non-hydrogen) atoms. The van der Waals surface area contributed by atoms with Gasteiger partial charge >= 0.3 is 0 Å². The van der Waals surface area contributed by atoms with Gasteiger partial charge in [0.2, 0.25) is 0 Å². The smallest absolute Gasteiger partial charge is 0.263 e. The molecule has 0 spiro atoms. The molecule has 0 unspecified atom stereocenters. The monoisotopic (exact) mass is 378 g/mol. The number of phenolic OH excluding ortho intramolecular Hbond substituents is 1. The second-order valence-corrected chi connectivity index (χ2v) is 7.09. The van der Waals surface area contributed by atoms with Crippen molar-refractivity contribution in [2.45, 2.75) is 0 Å². The molecule has 2 N–H and O–H groups in total. The summed E-state index contributed by atoms with van der Waals surface area (Å²) < 4.78 is 6.27. The molecule has 5 nitrogen and oxygen atoms in total. The maximum atomic E-state index is 11.8. The molecule has 7 heteroatoms. The number of thioether (sulfide) groups is 1. The molecule has 0 atom stereocenters. The molecule has 1 aromatic carbocycles. The first-order valence-electron chi connectivity index (χ1n) is 7.52. The van der Waals surface area contributed by atoms with Gasteiger partial charge in [-0.2, -0.15) is 0 Å². The number of furan rings is 1. The van der Waals surface area contributed by atoms with E-state index in [2.05, 4.69) is 22.1 Å². The van der Waals surface area contributed by atoms with Crippen molar-refractivity contribution in [1.82, 2.24) is 10.3 Å². The minimum absolute atomic E-state index is 0.116. The predicted molar refractivity (Wildman–Crippen MR) is 104 cm³/mol. The van der Waals surface area contributed by atoms with Crippen LogP contribution in [-0.4, -0.2) is 20.3 Å². The number of aromatic hydroxyl groups is 1. The van der Waals surface area contributed by atoms with E-state index in [1.807, 2.05) is 0 Å². The molecule has 2 aromatic heterocycles. The zero-order valence-electron chi connectivity index (χ0n) is 13.1. The van der Waals surface area contributed by atoms with Crippen molar-refractivity contribution in [3.05, 3.63) is 64.5 Å². The Labute approximate surface area is 158 Å². The molecule has 1 fully saturated rings. The number of nitrogens with zero attached hydrogens (tertiary/aromatic N) is 1. The zero-order valence-corrected chi connectivity index (χ0v) is 14.8. The number of carbonyl (C=O) groups excluding carboxylic acids is 1. The topological polar surface area (TPSA) is 75.4 Å². The minimum atomic E-state index is -0.238. The van der Waals surface area contributed by atoms with Crippen molar-refractivity contribution >= 4 is 51.3 Å². The predicted octanol–water partition coefficient (Wildman–Crippen LogP) is 3.42. The van der Waals surface area contributed by atoms with Crippen LogP contribution in [0.25, 0.3) is 17.0 Å². The first kappa shape index (κ1) is 16.4. The van der Waals surface area contributed by atoms with Crippen LogP contribution < -0.4 is 5.32 Å². The van der Waals surface area contributed by atoms with E-state index in [-0.39, 0.29) is 11.7 Å². The van der Waals surface area contributed by atoms with Crippen LogP contribution in [0, 0.1) is 11.8 Å². The number of hydrogen-bond acceptors (Lipinski definition) is 6. The third-order valence-electron chi connectivity index (χ3n) is 3.59. The van der Waals surface area contributed by atoms with E-state index in [9.17, 15) is 9.90 Å². The van der Waals surface area contributed by atoms with Gasteiger partial charge in [0.1, 0.15) is 15.8 Å². The summed E-state index contributed by atoms with van der Waals surface area (Å²) >= 11 is 6.17. The molecule has 0 bridgehead atoms. The van der Waals surface area contributed by atoms with Crippen LogP contribution in [-0.2, 0) is 4.79 Å². The van der Waals surface area contributed by atoms with Crippen molar-refractivity contribution < 1.29 is 14.3 Å². The van der Waals surface area contributed by atoms with Gasteiger partial charge in [-0.1, -0.05) is 48.0 Å². The first-order chi connectivity index (χ1) is 12.6. The van der Waals surface area contributed by atoms with Gasteiger partial charge in [0.25, 0.3) is 5.91 Å². The first-order valence-corrected chi connectivity index (χ1v) is 8.75. The third kappa shape index (κ3) is 3.20. The lowest BCUT2D eigenvalue weighted by Crippen LogP contribution is -2.17. The highest BCUT2D eigenvalue weighted by Crippen LogP contribution is 2.29. The van der Waals surface area contributed by atoms with Crippen LogP contribution >= 0.6 is 24.0 Å². The number of rotatable bonds is 1. The van der Waals surface area contributed by atoms with Crippen LogP contribution in [0.5, 0.6) is 5.75 Å². The molecule has 1 saturated heterocycles. The third-order valence-corrected chi connectivity index (χ3v) is 4.76. The molecular formula is C19H10N2O3S2. The standard InChI is InChI=1S/C19H10N2O3S2/c22-15-4-2-1-3-11(15)5-6-12-9-20-10-13-7-14(24-17(12)13)8-16-18(23)21-19(25)26-16/h1-4,7-10,22H,(H,21,23,25). The van der Waals surface area contributed by atoms with Crippen molar-refractivity contribution in [3.63, 3.8) is 0 Å². The highest BCUT2D eigenvalue weighted by Gasteiger charge is 2.22. The number of para-hydroxylation sites is 1. The van der Waals surface area contributed by atoms with E-state index in [4.69, 9.17) is 16.6 Å². The quantitative estimate of drug-likeness (QED) is 0.384. The summed E-state index contributed by atoms with van der Waals surface area (Å²) in [5, 5.41) is 13.1. The van der Waals surface area contributed by atoms with Gasteiger partial charge < -0.3 is 14.8 Å². The number of amides is 1. The maximum Gasteiger partial charge on any atom is 0.263 e. The van der Waals surface area contributed by atoms with Gasteiger partial charge in [0.15, 0.2) is 5.58 Å². The Morgan fingerprint density at radius 2 is 2.04 bits per heavy atom. The maximum absolute atomic E-state index is 11.8. The van der Waals surface area contributed by atoms with Gasteiger partial charge in [-0.3, -0.25) is 9.78 Å². The second kappa shape index (κ2) is 6.67. The second-order valence-electron chi connectivity index (χ2n) is 5.37. The molecule has 1 aliphatic rings. The van der Waals surface area contributed by atoms with E-state index >= 15 is 0 Å². The fourth-order valence-corrected chi connectivity index (χ4v) is 3.43. The lowest BCUT2D eigenvalue weighted by Gasteiger charge is -1.95. The average Bonchev–Trinajstić information content (AvgIpc) is 3.17. The number of phenols is 1. The molecule has 0 aliphatic carbocycles. The molecule has 0 radical (unpaired) electrons. The number of pyridine rings is 1. The Hall–Kier alpha value is -3.08. The summed E-state index contributed by atoms with van der Waals surface area (Å²) in [4.78, 5) is 16.4. The average molecular weight is 378 g/mol. The molecule has 3 heterocycles. The van der Waals surface area contributed by atoms with Crippen molar-refractivity contribution in [1.29, 1.82) is 0 Å². The fraction of sp³-hybridized carbons (Fsp3) is 0. The molecule has 0 saturated carbocycles. The minimum Gasteiger partial charge on any atom is -0.507 e. The summed E-state index contributed by atoms with van der Waals surface area (Å²) in [7, 11) is 0. The largest absolute Gasteiger partial charge is 0.507 e. The Bertz CT molecular complexity index is 1150. The summed E-state index contributed by atoms with van der Waals surface area (Å²) in [5.74, 6) is 6.28. The van der Waals surface area contributed by atoms with Crippen molar-refractivity contribution in [2.24, 2.45) is 0 Å². The SMILES string of the molecule is O=C1NC(=S)SC1=Cc1cc2cncc(C#Cc3ccccc3O)c2o1. The van der Waals surface area contributed by atoms with E-state index in [1.54, 1.807) is 48.8 Å². The molecule has 3 aromatic rings. The molecule has 126 valence electrons. The Kier molecular flexibility index (Phi) is 4.21. The fourth-order valence-electron chi connectivity index (χ4n) is 2.41. The van der Waals surface area contributed by atoms with E-state index in [0.717, 1.165) is 5.39 Å². The van der Waals surface area contributed by atoms with E-state index in [1.165, 1.54) is 11.8 Å². The number of benzene rings is 1. The van der Waals surface area contributed by atoms with Crippen molar-refractivity contribution in [3.8, 4) is 17.6 Å². The highest BCUT2D eigenvalue weighted by atomic mass is 32.2. The number of hydrogen-bond donors (Lipinski definition) is 2. The molecule has 1 amide bonds. The Balaban J connectivity index is 1.73. The van der Waals surface area contributed by atoms with Gasteiger partial charge in [0.05, 0.1) is 16.0 Å². The van der Waals surface area contributed by atoms with Gasteiger partial charge in [-0.05, 0) is 18.2 Å². The Morgan fingerprint density at radius 1 is 1.23 bits per heavy atom. The number of fused-ring (bicyclic) bond motifs is 1. The lowest BCUT2D eigenvalue weighted by atomic mass is 10.1. The summed E-state index contributed by atoms with van der Waals surface area (Å²) in [6.07, 6.45) is 4.90. The number of nitrogens with one attached hydrogen (secondary N) is 1. The van der Waals surface area contributed by atoms with Crippen LogP contribution in [0.3, 0.4) is 0 Å². The highest BCUT2D eigenvalue weighted by molar-refractivity contribution is 8.26. The Morgan fingerprint density at radius 3 is 2.81 bits per heavy atom. The molecular weight excluding hydrogens is 368 g/mol. The molecule has 4 rings (SSSR count). The summed E-state index contributed by atoms with van der Waals surface area (Å²) in [6, 6.07) is 8.63. The van der Waals surface area contributed by atoms with Gasteiger partial charge in [-0.15, -0.1) is 0 Å². The van der Waals surface area contributed by atoms with E-state index < -0.39 is 0 Å². The van der Waals surface area contributed by atoms with Crippen molar-refractivity contribution in [2.75, 3.05) is 0 Å². The zero-order chi connectivity index (χ0) is 18.1. The number of carbonyl (C=O) groups is 1. The van der Waals surface area contributed by atoms with Crippen LogP contribution in [0.15, 0.2) is 52.0 Å². The summed E-state index contributed by atoms with van der Waals surface area (Å²) in [6.45, 7) is 0. The van der Waals surface area contributed by atoms with Gasteiger partial charge in [0, 0.05) is 23.9 Å². The lowest BCUT2D eigenvalue weighted by molar-refractivity contribution is -0.115. The molecule has 1 aliphatic heterocycles.